The van der Waals surface area contributed by atoms with Gasteiger partial charge in [-0.2, -0.15) is 4.98 Å². The summed E-state index contributed by atoms with van der Waals surface area (Å²) in [5.41, 5.74) is 0.843. The molecule has 0 radical (unpaired) electrons. The van der Waals surface area contributed by atoms with Gasteiger partial charge in [-0.05, 0) is 56.1 Å². The Hall–Kier alpha value is -2.14. The van der Waals surface area contributed by atoms with Crippen molar-refractivity contribution in [3.05, 3.63) is 23.5 Å². The molecule has 0 unspecified atom stereocenters. The van der Waals surface area contributed by atoms with E-state index in [1.165, 1.54) is 0 Å². The fraction of sp³-hybridized carbons (Fsp3) is 0.579. The van der Waals surface area contributed by atoms with E-state index < -0.39 is 31.1 Å². The number of sulfone groups is 1. The molecule has 1 aliphatic heterocycles. The molecule has 1 aliphatic carbocycles. The van der Waals surface area contributed by atoms with Crippen molar-refractivity contribution < 1.29 is 31.2 Å². The van der Waals surface area contributed by atoms with Gasteiger partial charge in [-0.25, -0.2) is 21.6 Å². The smallest absolute Gasteiger partial charge is 0.339 e. The van der Waals surface area contributed by atoms with E-state index in [2.05, 4.69) is 4.98 Å². The Bertz CT molecular complexity index is 1200. The van der Waals surface area contributed by atoms with E-state index in [1.807, 2.05) is 0 Å². The number of hydrogen-bond acceptors (Lipinski definition) is 7. The number of rotatable bonds is 8. The normalized spacial score (nSPS) is 21.2. The second-order valence-corrected chi connectivity index (χ2v) is 12.4. The standard InChI is InChI=1S/C19H24N2O7S2/c1-29(24,25)21(8-2-4-13-5-3-9-30(13,26)27)16-10-14(12-6-7-12)17-15(19(22)23)11-28-18(17)20-16/h10-13H,2-9H2,1H3,(H,22,23)/t13-/m1/s1. The number of carboxylic acids is 1. The van der Waals surface area contributed by atoms with Crippen LogP contribution in [0.4, 0.5) is 5.82 Å². The number of anilines is 1. The predicted molar refractivity (Wildman–Crippen MR) is 111 cm³/mol. The fourth-order valence-corrected chi connectivity index (χ4v) is 7.00. The number of furan rings is 1. The Morgan fingerprint density at radius 2 is 2.07 bits per heavy atom. The van der Waals surface area contributed by atoms with E-state index in [0.29, 0.717) is 31.1 Å². The van der Waals surface area contributed by atoms with Gasteiger partial charge in [0.25, 0.3) is 0 Å². The Kier molecular flexibility index (Phi) is 5.29. The number of carboxylic acid groups (broad SMARTS) is 1. The number of carbonyl (C=O) groups is 1. The number of sulfonamides is 1. The van der Waals surface area contributed by atoms with Crippen LogP contribution in [0.25, 0.3) is 11.1 Å². The van der Waals surface area contributed by atoms with Gasteiger partial charge in [-0.1, -0.05) is 0 Å². The summed E-state index contributed by atoms with van der Waals surface area (Å²) in [5.74, 6) is -0.605. The summed E-state index contributed by atoms with van der Waals surface area (Å²) < 4.78 is 55.5. The van der Waals surface area contributed by atoms with Crippen molar-refractivity contribution >= 4 is 42.7 Å². The Labute approximate surface area is 175 Å². The zero-order chi connectivity index (χ0) is 21.7. The maximum absolute atomic E-state index is 12.5. The number of nitrogens with zero attached hydrogens (tertiary/aromatic N) is 2. The van der Waals surface area contributed by atoms with Crippen molar-refractivity contribution in [3.8, 4) is 0 Å². The summed E-state index contributed by atoms with van der Waals surface area (Å²) in [7, 11) is -6.76. The minimum Gasteiger partial charge on any atom is -0.478 e. The third kappa shape index (κ3) is 4.04. The lowest BCUT2D eigenvalue weighted by Crippen LogP contribution is -2.32. The molecule has 1 N–H and O–H groups in total. The van der Waals surface area contributed by atoms with E-state index in [0.717, 1.165) is 35.2 Å². The van der Waals surface area contributed by atoms with Crippen LogP contribution in [0.5, 0.6) is 0 Å². The average molecular weight is 457 g/mol. The molecule has 2 fully saturated rings. The number of hydrogen-bond donors (Lipinski definition) is 1. The highest BCUT2D eigenvalue weighted by atomic mass is 32.2. The zero-order valence-corrected chi connectivity index (χ0v) is 18.2. The van der Waals surface area contributed by atoms with E-state index in [1.54, 1.807) is 6.07 Å². The number of aromatic nitrogens is 1. The largest absolute Gasteiger partial charge is 0.478 e. The molecule has 1 atom stereocenters. The lowest BCUT2D eigenvalue weighted by atomic mass is 10.0. The SMILES string of the molecule is CS(=O)(=O)N(CCC[C@@H]1CCCS1(=O)=O)c1cc(C2CC2)c2c(C(=O)O)coc2n1. The van der Waals surface area contributed by atoms with Crippen molar-refractivity contribution in [1.29, 1.82) is 0 Å². The Morgan fingerprint density at radius 3 is 2.63 bits per heavy atom. The van der Waals surface area contributed by atoms with Crippen molar-refractivity contribution in [1.82, 2.24) is 4.98 Å². The molecule has 0 spiro atoms. The lowest BCUT2D eigenvalue weighted by Gasteiger charge is -2.22. The third-order valence-corrected chi connectivity index (χ3v) is 9.33. The van der Waals surface area contributed by atoms with Crippen molar-refractivity contribution in [3.63, 3.8) is 0 Å². The zero-order valence-electron chi connectivity index (χ0n) is 16.6. The van der Waals surface area contributed by atoms with E-state index in [-0.39, 0.29) is 35.3 Å². The number of aromatic carboxylic acids is 1. The van der Waals surface area contributed by atoms with Crippen LogP contribution in [0.2, 0.25) is 0 Å². The van der Waals surface area contributed by atoms with E-state index in [9.17, 15) is 26.7 Å². The van der Waals surface area contributed by atoms with Crippen LogP contribution in [0, 0.1) is 0 Å². The van der Waals surface area contributed by atoms with Crippen LogP contribution in [0.3, 0.4) is 0 Å². The van der Waals surface area contributed by atoms with E-state index in [4.69, 9.17) is 4.42 Å². The first kappa shape index (κ1) is 21.1. The van der Waals surface area contributed by atoms with Gasteiger partial charge in [-0.3, -0.25) is 4.31 Å². The predicted octanol–water partition coefficient (Wildman–Crippen LogP) is 2.53. The first-order valence-corrected chi connectivity index (χ1v) is 13.5. The van der Waals surface area contributed by atoms with Gasteiger partial charge < -0.3 is 9.52 Å². The van der Waals surface area contributed by atoms with Crippen LogP contribution in [0.15, 0.2) is 16.7 Å². The topological polar surface area (TPSA) is 135 Å². The summed E-state index contributed by atoms with van der Waals surface area (Å²) in [6.07, 6.45) is 6.03. The van der Waals surface area contributed by atoms with Gasteiger partial charge in [0.2, 0.25) is 15.7 Å². The molecular formula is C19H24N2O7S2. The molecule has 2 aromatic heterocycles. The first-order valence-electron chi connectivity index (χ1n) is 9.92. The maximum atomic E-state index is 12.5. The number of pyridine rings is 1. The van der Waals surface area contributed by atoms with Gasteiger partial charge in [0.1, 0.15) is 17.6 Å². The van der Waals surface area contributed by atoms with Gasteiger partial charge in [0.15, 0.2) is 9.84 Å². The molecule has 2 aromatic rings. The average Bonchev–Trinajstić information content (AvgIpc) is 3.31. The van der Waals surface area contributed by atoms with Crippen LogP contribution in [0.1, 0.15) is 60.4 Å². The quantitative estimate of drug-likeness (QED) is 0.640. The molecule has 2 aliphatic rings. The van der Waals surface area contributed by atoms with Crippen LogP contribution < -0.4 is 4.31 Å². The second kappa shape index (κ2) is 7.52. The molecule has 1 saturated carbocycles. The summed E-state index contributed by atoms with van der Waals surface area (Å²) >= 11 is 0. The molecule has 164 valence electrons. The third-order valence-electron chi connectivity index (χ3n) is 5.81. The van der Waals surface area contributed by atoms with Gasteiger partial charge in [0, 0.05) is 6.54 Å². The summed E-state index contributed by atoms with van der Waals surface area (Å²) in [5, 5.41) is 9.42. The Balaban J connectivity index is 1.65. The minimum atomic E-state index is -3.68. The van der Waals surface area contributed by atoms with E-state index >= 15 is 0 Å². The van der Waals surface area contributed by atoms with Crippen molar-refractivity contribution in [2.45, 2.75) is 49.7 Å². The van der Waals surface area contributed by atoms with Gasteiger partial charge >= 0.3 is 5.97 Å². The van der Waals surface area contributed by atoms with Gasteiger partial charge in [-0.15, -0.1) is 0 Å². The molecule has 3 heterocycles. The van der Waals surface area contributed by atoms with Crippen molar-refractivity contribution in [2.75, 3.05) is 22.9 Å². The molecule has 0 bridgehead atoms. The molecule has 0 aromatic carbocycles. The molecule has 11 heteroatoms. The summed E-state index contributed by atoms with van der Waals surface area (Å²) in [6.45, 7) is 0.0972. The monoisotopic (exact) mass is 456 g/mol. The molecule has 4 rings (SSSR count). The fourth-order valence-electron chi connectivity index (χ4n) is 4.15. The van der Waals surface area contributed by atoms with Crippen molar-refractivity contribution in [2.24, 2.45) is 0 Å². The Morgan fingerprint density at radius 1 is 1.33 bits per heavy atom. The van der Waals surface area contributed by atoms with Crippen LogP contribution in [-0.4, -0.2) is 56.7 Å². The molecule has 9 nitrogen and oxygen atoms in total. The number of fused-ring (bicyclic) bond motifs is 1. The molecule has 1 saturated heterocycles. The lowest BCUT2D eigenvalue weighted by molar-refractivity contribution is 0.0698. The minimum absolute atomic E-state index is 0.0169. The summed E-state index contributed by atoms with van der Waals surface area (Å²) in [6, 6.07) is 1.63. The second-order valence-electron chi connectivity index (χ2n) is 8.09. The van der Waals surface area contributed by atoms with Crippen LogP contribution in [-0.2, 0) is 19.9 Å². The molecule has 0 amide bonds. The summed E-state index contributed by atoms with van der Waals surface area (Å²) in [4.78, 5) is 15.8. The van der Waals surface area contributed by atoms with Crippen LogP contribution >= 0.6 is 0 Å². The highest BCUT2D eigenvalue weighted by Gasteiger charge is 2.33. The molecule has 30 heavy (non-hydrogen) atoms. The highest BCUT2D eigenvalue weighted by molar-refractivity contribution is 7.92. The maximum Gasteiger partial charge on any atom is 0.339 e. The highest BCUT2D eigenvalue weighted by Crippen LogP contribution is 2.45. The van der Waals surface area contributed by atoms with Gasteiger partial charge in [0.05, 0.1) is 22.6 Å². The first-order chi connectivity index (χ1) is 14.1. The molecular weight excluding hydrogens is 432 g/mol.